The molecule has 4 heteroatoms. The standard InChI is InChI=1S/C14H9FN2O/c15-11-1-3-12(4-2-11)18-14-13-9-16-7-5-10(13)6-8-17-14/h1-9H. The highest BCUT2D eigenvalue weighted by Gasteiger charge is 2.04. The predicted octanol–water partition coefficient (Wildman–Crippen LogP) is 3.56. The smallest absolute Gasteiger partial charge is 0.228 e. The molecule has 0 saturated heterocycles. The van der Waals surface area contributed by atoms with Crippen LogP contribution in [0.3, 0.4) is 0 Å². The summed E-state index contributed by atoms with van der Waals surface area (Å²) in [5.74, 6) is 0.711. The summed E-state index contributed by atoms with van der Waals surface area (Å²) in [6.07, 6.45) is 5.08. The molecule has 1 aromatic carbocycles. The van der Waals surface area contributed by atoms with Gasteiger partial charge in [-0.25, -0.2) is 9.37 Å². The van der Waals surface area contributed by atoms with Crippen molar-refractivity contribution in [1.82, 2.24) is 9.97 Å². The van der Waals surface area contributed by atoms with Crippen LogP contribution in [0.4, 0.5) is 4.39 Å². The lowest BCUT2D eigenvalue weighted by molar-refractivity contribution is 0.467. The SMILES string of the molecule is Fc1ccc(Oc2nccc3ccncc23)cc1. The van der Waals surface area contributed by atoms with Crippen molar-refractivity contribution in [3.8, 4) is 11.6 Å². The van der Waals surface area contributed by atoms with E-state index in [-0.39, 0.29) is 5.82 Å². The summed E-state index contributed by atoms with van der Waals surface area (Å²) in [4.78, 5) is 8.22. The minimum Gasteiger partial charge on any atom is -0.438 e. The molecular formula is C14H9FN2O. The van der Waals surface area contributed by atoms with Gasteiger partial charge in [0.1, 0.15) is 11.6 Å². The fourth-order valence-electron chi connectivity index (χ4n) is 1.68. The maximum atomic E-state index is 12.8. The quantitative estimate of drug-likeness (QED) is 0.687. The van der Waals surface area contributed by atoms with Gasteiger partial charge in [0.15, 0.2) is 0 Å². The number of nitrogens with zero attached hydrogens (tertiary/aromatic N) is 2. The van der Waals surface area contributed by atoms with Crippen LogP contribution in [0, 0.1) is 5.82 Å². The van der Waals surface area contributed by atoms with Gasteiger partial charge in [0, 0.05) is 18.6 Å². The van der Waals surface area contributed by atoms with E-state index in [2.05, 4.69) is 9.97 Å². The van der Waals surface area contributed by atoms with Crippen LogP contribution in [0.2, 0.25) is 0 Å². The lowest BCUT2D eigenvalue weighted by Crippen LogP contribution is -1.89. The second-order valence-electron chi connectivity index (χ2n) is 3.77. The fourth-order valence-corrected chi connectivity index (χ4v) is 1.68. The van der Waals surface area contributed by atoms with Crippen molar-refractivity contribution >= 4 is 10.8 Å². The Balaban J connectivity index is 2.02. The first kappa shape index (κ1) is 10.7. The first-order valence-electron chi connectivity index (χ1n) is 5.45. The number of hydrogen-bond donors (Lipinski definition) is 0. The number of rotatable bonds is 2. The summed E-state index contributed by atoms with van der Waals surface area (Å²) < 4.78 is 18.4. The van der Waals surface area contributed by atoms with Crippen LogP contribution in [0.15, 0.2) is 55.0 Å². The normalized spacial score (nSPS) is 10.5. The minimum atomic E-state index is -0.296. The zero-order valence-corrected chi connectivity index (χ0v) is 9.38. The summed E-state index contributed by atoms with van der Waals surface area (Å²) >= 11 is 0. The number of hydrogen-bond acceptors (Lipinski definition) is 3. The van der Waals surface area contributed by atoms with Gasteiger partial charge in [0.25, 0.3) is 0 Å². The van der Waals surface area contributed by atoms with Gasteiger partial charge in [-0.1, -0.05) is 0 Å². The van der Waals surface area contributed by atoms with Crippen molar-refractivity contribution in [2.45, 2.75) is 0 Å². The van der Waals surface area contributed by atoms with Crippen LogP contribution in [0.25, 0.3) is 10.8 Å². The van der Waals surface area contributed by atoms with E-state index >= 15 is 0 Å². The van der Waals surface area contributed by atoms with Crippen molar-refractivity contribution in [3.05, 3.63) is 60.8 Å². The molecule has 0 aliphatic carbocycles. The molecule has 3 nitrogen and oxygen atoms in total. The third-order valence-corrected chi connectivity index (χ3v) is 2.56. The Labute approximate surface area is 103 Å². The number of ether oxygens (including phenoxy) is 1. The summed E-state index contributed by atoms with van der Waals surface area (Å²) in [7, 11) is 0. The molecule has 0 bridgehead atoms. The molecule has 2 aromatic heterocycles. The Morgan fingerprint density at radius 2 is 1.72 bits per heavy atom. The van der Waals surface area contributed by atoms with E-state index in [1.807, 2.05) is 12.1 Å². The Bertz CT molecular complexity index is 677. The molecule has 0 radical (unpaired) electrons. The molecule has 0 N–H and O–H groups in total. The zero-order chi connectivity index (χ0) is 12.4. The van der Waals surface area contributed by atoms with E-state index in [0.29, 0.717) is 11.6 Å². The Kier molecular flexibility index (Phi) is 2.61. The van der Waals surface area contributed by atoms with Crippen molar-refractivity contribution in [2.24, 2.45) is 0 Å². The maximum absolute atomic E-state index is 12.8. The van der Waals surface area contributed by atoms with Gasteiger partial charge < -0.3 is 4.74 Å². The van der Waals surface area contributed by atoms with Crippen molar-refractivity contribution in [2.75, 3.05) is 0 Å². The fraction of sp³-hybridized carbons (Fsp3) is 0. The van der Waals surface area contributed by atoms with Gasteiger partial charge >= 0.3 is 0 Å². The van der Waals surface area contributed by atoms with Gasteiger partial charge in [-0.05, 0) is 41.8 Å². The highest BCUT2D eigenvalue weighted by molar-refractivity contribution is 5.85. The topological polar surface area (TPSA) is 35.0 Å². The van der Waals surface area contributed by atoms with Crippen molar-refractivity contribution in [1.29, 1.82) is 0 Å². The molecule has 0 saturated carbocycles. The molecule has 0 amide bonds. The van der Waals surface area contributed by atoms with Crippen LogP contribution >= 0.6 is 0 Å². The monoisotopic (exact) mass is 240 g/mol. The maximum Gasteiger partial charge on any atom is 0.228 e. The molecule has 0 fully saturated rings. The molecule has 0 spiro atoms. The van der Waals surface area contributed by atoms with E-state index in [0.717, 1.165) is 10.8 Å². The van der Waals surface area contributed by atoms with Crippen LogP contribution in [0.5, 0.6) is 11.6 Å². The first-order chi connectivity index (χ1) is 8.83. The number of halogens is 1. The molecule has 0 unspecified atom stereocenters. The second-order valence-corrected chi connectivity index (χ2v) is 3.77. The van der Waals surface area contributed by atoms with E-state index in [9.17, 15) is 4.39 Å². The van der Waals surface area contributed by atoms with Crippen LogP contribution < -0.4 is 4.74 Å². The van der Waals surface area contributed by atoms with Crippen molar-refractivity contribution in [3.63, 3.8) is 0 Å². The highest BCUT2D eigenvalue weighted by atomic mass is 19.1. The molecule has 18 heavy (non-hydrogen) atoms. The van der Waals surface area contributed by atoms with E-state index < -0.39 is 0 Å². The Morgan fingerprint density at radius 1 is 0.944 bits per heavy atom. The summed E-state index contributed by atoms with van der Waals surface area (Å²) in [6.45, 7) is 0. The lowest BCUT2D eigenvalue weighted by atomic mass is 10.2. The zero-order valence-electron chi connectivity index (χ0n) is 9.38. The Hall–Kier alpha value is -2.49. The highest BCUT2D eigenvalue weighted by Crippen LogP contribution is 2.26. The molecule has 3 rings (SSSR count). The molecule has 88 valence electrons. The molecule has 0 aliphatic heterocycles. The Morgan fingerprint density at radius 3 is 2.56 bits per heavy atom. The first-order valence-corrected chi connectivity index (χ1v) is 5.45. The summed E-state index contributed by atoms with van der Waals surface area (Å²) in [6, 6.07) is 9.58. The average molecular weight is 240 g/mol. The summed E-state index contributed by atoms with van der Waals surface area (Å²) in [5, 5.41) is 1.82. The molecule has 3 aromatic rings. The number of fused-ring (bicyclic) bond motifs is 1. The third-order valence-electron chi connectivity index (χ3n) is 2.56. The van der Waals surface area contributed by atoms with Crippen LogP contribution in [-0.4, -0.2) is 9.97 Å². The number of benzene rings is 1. The predicted molar refractivity (Wildman–Crippen MR) is 66.0 cm³/mol. The summed E-state index contributed by atoms with van der Waals surface area (Å²) in [5.41, 5.74) is 0. The van der Waals surface area contributed by atoms with Crippen LogP contribution in [-0.2, 0) is 0 Å². The second kappa shape index (κ2) is 4.41. The van der Waals surface area contributed by atoms with E-state index in [1.54, 1.807) is 30.7 Å². The van der Waals surface area contributed by atoms with Crippen molar-refractivity contribution < 1.29 is 9.13 Å². The molecular weight excluding hydrogens is 231 g/mol. The van der Waals surface area contributed by atoms with Gasteiger partial charge in [-0.2, -0.15) is 0 Å². The molecule has 0 atom stereocenters. The van der Waals surface area contributed by atoms with Gasteiger partial charge in [-0.15, -0.1) is 0 Å². The van der Waals surface area contributed by atoms with Gasteiger partial charge in [0.2, 0.25) is 5.88 Å². The van der Waals surface area contributed by atoms with Gasteiger partial charge in [0.05, 0.1) is 5.39 Å². The van der Waals surface area contributed by atoms with E-state index in [1.165, 1.54) is 12.1 Å². The minimum absolute atomic E-state index is 0.296. The largest absolute Gasteiger partial charge is 0.438 e. The van der Waals surface area contributed by atoms with Crippen LogP contribution in [0.1, 0.15) is 0 Å². The van der Waals surface area contributed by atoms with E-state index in [4.69, 9.17) is 4.74 Å². The van der Waals surface area contributed by atoms with Gasteiger partial charge in [-0.3, -0.25) is 4.98 Å². The average Bonchev–Trinajstić information content (AvgIpc) is 2.42. The molecule has 2 heterocycles. The number of pyridine rings is 2. The molecule has 0 aliphatic rings. The third kappa shape index (κ3) is 2.00. The lowest BCUT2D eigenvalue weighted by Gasteiger charge is -2.06. The number of aromatic nitrogens is 2.